The highest BCUT2D eigenvalue weighted by Crippen LogP contribution is 2.28. The summed E-state index contributed by atoms with van der Waals surface area (Å²) in [6.45, 7) is 7.77. The quantitative estimate of drug-likeness (QED) is 0.547. The average Bonchev–Trinajstić information content (AvgIpc) is 2.75. The van der Waals surface area contributed by atoms with Gasteiger partial charge in [0.15, 0.2) is 16.6 Å². The smallest absolute Gasteiger partial charge is 0.261 e. The number of para-hydroxylation sites is 1. The molecule has 0 heterocycles. The van der Waals surface area contributed by atoms with Crippen LogP contribution >= 0.6 is 12.2 Å². The summed E-state index contributed by atoms with van der Waals surface area (Å²) in [4.78, 5) is 12.6. The lowest BCUT2D eigenvalue weighted by molar-refractivity contribution is 0.0972. The van der Waals surface area contributed by atoms with Gasteiger partial charge in [-0.25, -0.2) is 0 Å². The molecule has 162 valence electrons. The molecule has 0 spiro atoms. The number of thiocarbonyl (C=S) groups is 1. The SMILES string of the molecule is CCCOc1ccc(CNC(=S)NC(=O)c2ccccc2OCC(C)C)cc1OC. The molecule has 0 saturated carbocycles. The van der Waals surface area contributed by atoms with Crippen LogP contribution in [0.1, 0.15) is 43.1 Å². The fourth-order valence-corrected chi connectivity index (χ4v) is 2.75. The third kappa shape index (κ3) is 7.22. The van der Waals surface area contributed by atoms with E-state index in [2.05, 4.69) is 31.4 Å². The number of hydrogen-bond donors (Lipinski definition) is 2. The van der Waals surface area contributed by atoms with Crippen LogP contribution in [0.5, 0.6) is 17.2 Å². The van der Waals surface area contributed by atoms with Crippen LogP contribution in [0, 0.1) is 5.92 Å². The van der Waals surface area contributed by atoms with Crippen molar-refractivity contribution in [2.24, 2.45) is 5.92 Å². The second kappa shape index (κ2) is 12.0. The molecular weight excluding hydrogens is 400 g/mol. The molecule has 0 fully saturated rings. The molecule has 0 atom stereocenters. The van der Waals surface area contributed by atoms with E-state index in [-0.39, 0.29) is 11.0 Å². The maximum Gasteiger partial charge on any atom is 0.261 e. The maximum atomic E-state index is 12.6. The largest absolute Gasteiger partial charge is 0.493 e. The number of hydrogen-bond acceptors (Lipinski definition) is 5. The first-order valence-electron chi connectivity index (χ1n) is 10.0. The number of carbonyl (C=O) groups is 1. The van der Waals surface area contributed by atoms with Gasteiger partial charge < -0.3 is 19.5 Å². The summed E-state index contributed by atoms with van der Waals surface area (Å²) in [6, 6.07) is 12.8. The van der Waals surface area contributed by atoms with Crippen molar-refractivity contribution in [1.29, 1.82) is 0 Å². The van der Waals surface area contributed by atoms with Crippen LogP contribution < -0.4 is 24.8 Å². The van der Waals surface area contributed by atoms with Crippen molar-refractivity contribution < 1.29 is 19.0 Å². The molecule has 1 amide bonds. The number of benzene rings is 2. The molecule has 0 unspecified atom stereocenters. The number of nitrogens with one attached hydrogen (secondary N) is 2. The van der Waals surface area contributed by atoms with E-state index in [0.717, 1.165) is 12.0 Å². The Morgan fingerprint density at radius 1 is 1.07 bits per heavy atom. The van der Waals surface area contributed by atoms with E-state index >= 15 is 0 Å². The van der Waals surface area contributed by atoms with E-state index in [1.165, 1.54) is 0 Å². The molecule has 0 radical (unpaired) electrons. The number of methoxy groups -OCH3 is 1. The van der Waals surface area contributed by atoms with Crippen LogP contribution in [-0.2, 0) is 6.54 Å². The molecule has 0 aliphatic carbocycles. The third-order valence-corrected chi connectivity index (χ3v) is 4.32. The van der Waals surface area contributed by atoms with Gasteiger partial charge in [-0.2, -0.15) is 0 Å². The van der Waals surface area contributed by atoms with Gasteiger partial charge in [0, 0.05) is 6.54 Å². The third-order valence-electron chi connectivity index (χ3n) is 4.07. The Kier molecular flexibility index (Phi) is 9.41. The average molecular weight is 431 g/mol. The number of rotatable bonds is 10. The fourth-order valence-electron chi connectivity index (χ4n) is 2.59. The number of carbonyl (C=O) groups excluding carboxylic acids is 1. The van der Waals surface area contributed by atoms with Crippen LogP contribution in [0.2, 0.25) is 0 Å². The highest BCUT2D eigenvalue weighted by Gasteiger charge is 2.14. The lowest BCUT2D eigenvalue weighted by Crippen LogP contribution is -2.39. The molecule has 2 aromatic rings. The minimum Gasteiger partial charge on any atom is -0.493 e. The van der Waals surface area contributed by atoms with Crippen LogP contribution in [0.4, 0.5) is 0 Å². The van der Waals surface area contributed by atoms with Gasteiger partial charge in [0.1, 0.15) is 5.75 Å². The first-order valence-corrected chi connectivity index (χ1v) is 10.5. The number of amides is 1. The van der Waals surface area contributed by atoms with E-state index < -0.39 is 0 Å². The van der Waals surface area contributed by atoms with E-state index in [4.69, 9.17) is 26.4 Å². The topological polar surface area (TPSA) is 68.8 Å². The predicted molar refractivity (Wildman–Crippen MR) is 122 cm³/mol. The van der Waals surface area contributed by atoms with Crippen molar-refractivity contribution in [2.75, 3.05) is 20.3 Å². The number of ether oxygens (including phenoxy) is 3. The van der Waals surface area contributed by atoms with Gasteiger partial charge in [0.2, 0.25) is 0 Å². The van der Waals surface area contributed by atoms with Crippen molar-refractivity contribution in [3.05, 3.63) is 53.6 Å². The Labute approximate surface area is 183 Å². The Balaban J connectivity index is 1.94. The van der Waals surface area contributed by atoms with Crippen LogP contribution in [0.25, 0.3) is 0 Å². The van der Waals surface area contributed by atoms with Gasteiger partial charge >= 0.3 is 0 Å². The normalized spacial score (nSPS) is 10.4. The minimum absolute atomic E-state index is 0.240. The summed E-state index contributed by atoms with van der Waals surface area (Å²) in [5, 5.41) is 5.99. The fraction of sp³-hybridized carbons (Fsp3) is 0.391. The van der Waals surface area contributed by atoms with Crippen LogP contribution in [0.3, 0.4) is 0 Å². The van der Waals surface area contributed by atoms with Gasteiger partial charge in [0.05, 0.1) is 25.9 Å². The first-order chi connectivity index (χ1) is 14.4. The molecule has 0 bridgehead atoms. The van der Waals surface area contributed by atoms with Crippen molar-refractivity contribution in [2.45, 2.75) is 33.7 Å². The molecule has 0 saturated heterocycles. The summed E-state index contributed by atoms with van der Waals surface area (Å²) >= 11 is 5.28. The van der Waals surface area contributed by atoms with Gasteiger partial charge in [0.25, 0.3) is 5.91 Å². The first kappa shape index (κ1) is 23.5. The highest BCUT2D eigenvalue weighted by atomic mass is 32.1. The van der Waals surface area contributed by atoms with Gasteiger partial charge in [-0.05, 0) is 54.4 Å². The standard InChI is InChI=1S/C23H30N2O4S/c1-5-12-28-20-11-10-17(13-21(20)27-4)14-24-23(30)25-22(26)18-8-6-7-9-19(18)29-15-16(2)3/h6-11,13,16H,5,12,14-15H2,1-4H3,(H2,24,25,26,30). The summed E-state index contributed by atoms with van der Waals surface area (Å²) < 4.78 is 16.8. The molecule has 2 rings (SSSR count). The lowest BCUT2D eigenvalue weighted by Gasteiger charge is -2.15. The molecular formula is C23H30N2O4S. The van der Waals surface area contributed by atoms with Crippen molar-refractivity contribution >= 4 is 23.2 Å². The molecule has 6 nitrogen and oxygen atoms in total. The highest BCUT2D eigenvalue weighted by molar-refractivity contribution is 7.80. The molecule has 7 heteroatoms. The Bertz CT molecular complexity index is 855. The van der Waals surface area contributed by atoms with Crippen LogP contribution in [0.15, 0.2) is 42.5 Å². The van der Waals surface area contributed by atoms with Gasteiger partial charge in [-0.1, -0.05) is 39.0 Å². The van der Waals surface area contributed by atoms with Crippen molar-refractivity contribution in [3.8, 4) is 17.2 Å². The molecule has 30 heavy (non-hydrogen) atoms. The zero-order chi connectivity index (χ0) is 21.9. The predicted octanol–water partition coefficient (Wildman–Crippen LogP) is 4.32. The van der Waals surface area contributed by atoms with E-state index in [1.54, 1.807) is 25.3 Å². The lowest BCUT2D eigenvalue weighted by atomic mass is 10.2. The van der Waals surface area contributed by atoms with E-state index in [0.29, 0.717) is 48.5 Å². The second-order valence-electron chi connectivity index (χ2n) is 7.17. The Hall–Kier alpha value is -2.80. The van der Waals surface area contributed by atoms with Gasteiger partial charge in [-0.15, -0.1) is 0 Å². The summed E-state index contributed by atoms with van der Waals surface area (Å²) in [6.07, 6.45) is 0.923. The molecule has 0 aliphatic rings. The van der Waals surface area contributed by atoms with Crippen molar-refractivity contribution in [1.82, 2.24) is 10.6 Å². The maximum absolute atomic E-state index is 12.6. The summed E-state index contributed by atoms with van der Waals surface area (Å²) in [7, 11) is 1.61. The van der Waals surface area contributed by atoms with Crippen molar-refractivity contribution in [3.63, 3.8) is 0 Å². The second-order valence-corrected chi connectivity index (χ2v) is 7.58. The minimum atomic E-state index is -0.312. The molecule has 0 aromatic heterocycles. The van der Waals surface area contributed by atoms with E-state index in [9.17, 15) is 4.79 Å². The molecule has 2 N–H and O–H groups in total. The van der Waals surface area contributed by atoms with Gasteiger partial charge in [-0.3, -0.25) is 10.1 Å². The van der Waals surface area contributed by atoms with E-state index in [1.807, 2.05) is 24.3 Å². The molecule has 2 aromatic carbocycles. The van der Waals surface area contributed by atoms with Crippen LogP contribution in [-0.4, -0.2) is 31.3 Å². The molecule has 0 aliphatic heterocycles. The monoisotopic (exact) mass is 430 g/mol. The zero-order valence-electron chi connectivity index (χ0n) is 18.0. The Morgan fingerprint density at radius 2 is 1.83 bits per heavy atom. The zero-order valence-corrected chi connectivity index (χ0v) is 18.8. The summed E-state index contributed by atoms with van der Waals surface area (Å²) in [5.41, 5.74) is 1.40. The Morgan fingerprint density at radius 3 is 2.53 bits per heavy atom. The summed E-state index contributed by atoms with van der Waals surface area (Å²) in [5.74, 6) is 1.96.